The van der Waals surface area contributed by atoms with Crippen molar-refractivity contribution in [1.29, 1.82) is 0 Å². The summed E-state index contributed by atoms with van der Waals surface area (Å²) in [6.07, 6.45) is 0. The Hall–Kier alpha value is -2.35. The molecule has 0 spiro atoms. The molecule has 0 amide bonds. The van der Waals surface area contributed by atoms with Crippen molar-refractivity contribution in [2.45, 2.75) is 20.8 Å². The Morgan fingerprint density at radius 1 is 0.850 bits per heavy atom. The summed E-state index contributed by atoms with van der Waals surface area (Å²) in [5.74, 6) is 0. The zero-order valence-corrected chi connectivity index (χ0v) is 12.1. The van der Waals surface area contributed by atoms with Crippen molar-refractivity contribution in [2.75, 3.05) is 0 Å². The monoisotopic (exact) mass is 262 g/mol. The molecule has 0 bridgehead atoms. The maximum atomic E-state index is 4.64. The van der Waals surface area contributed by atoms with Crippen molar-refractivity contribution in [3.63, 3.8) is 0 Å². The van der Waals surface area contributed by atoms with Gasteiger partial charge >= 0.3 is 0 Å². The van der Waals surface area contributed by atoms with Crippen LogP contribution >= 0.6 is 0 Å². The van der Waals surface area contributed by atoms with E-state index in [1.165, 1.54) is 22.4 Å². The average Bonchev–Trinajstić information content (AvgIpc) is 2.78. The van der Waals surface area contributed by atoms with Crippen LogP contribution in [0.1, 0.15) is 17.0 Å². The van der Waals surface area contributed by atoms with Crippen LogP contribution in [0, 0.1) is 20.8 Å². The van der Waals surface area contributed by atoms with E-state index < -0.39 is 0 Å². The van der Waals surface area contributed by atoms with E-state index in [1.807, 2.05) is 17.7 Å². The summed E-state index contributed by atoms with van der Waals surface area (Å²) in [4.78, 5) is 0. The Morgan fingerprint density at radius 2 is 1.60 bits per heavy atom. The highest BCUT2D eigenvalue weighted by molar-refractivity contribution is 5.74. The van der Waals surface area contributed by atoms with Gasteiger partial charge in [-0.2, -0.15) is 5.10 Å². The molecule has 2 aromatic carbocycles. The van der Waals surface area contributed by atoms with Crippen LogP contribution < -0.4 is 0 Å². The van der Waals surface area contributed by atoms with Gasteiger partial charge in [0.2, 0.25) is 0 Å². The van der Waals surface area contributed by atoms with E-state index in [9.17, 15) is 0 Å². The normalized spacial score (nSPS) is 10.8. The van der Waals surface area contributed by atoms with E-state index in [4.69, 9.17) is 0 Å². The van der Waals surface area contributed by atoms with Gasteiger partial charge < -0.3 is 0 Å². The third-order valence-corrected chi connectivity index (χ3v) is 3.54. The van der Waals surface area contributed by atoms with Crippen LogP contribution in [0.3, 0.4) is 0 Å². The fraction of sp³-hybridized carbons (Fsp3) is 0.167. The number of hydrogen-bond donors (Lipinski definition) is 0. The summed E-state index contributed by atoms with van der Waals surface area (Å²) in [6.45, 7) is 6.27. The quantitative estimate of drug-likeness (QED) is 0.666. The number of nitrogens with zero attached hydrogens (tertiary/aromatic N) is 2. The van der Waals surface area contributed by atoms with Crippen molar-refractivity contribution in [3.05, 3.63) is 71.5 Å². The van der Waals surface area contributed by atoms with Crippen molar-refractivity contribution in [3.8, 4) is 16.8 Å². The second-order valence-corrected chi connectivity index (χ2v) is 5.18. The van der Waals surface area contributed by atoms with Gasteiger partial charge in [-0.05, 0) is 38.0 Å². The molecule has 100 valence electrons. The highest BCUT2D eigenvalue weighted by atomic mass is 15.3. The molecule has 0 atom stereocenters. The summed E-state index contributed by atoms with van der Waals surface area (Å²) >= 11 is 0. The molecule has 0 aliphatic carbocycles. The van der Waals surface area contributed by atoms with E-state index in [0.29, 0.717) is 0 Å². The molecule has 0 saturated heterocycles. The molecule has 3 rings (SSSR count). The van der Waals surface area contributed by atoms with Crippen LogP contribution in [0.15, 0.2) is 54.6 Å². The Kier molecular flexibility index (Phi) is 3.15. The van der Waals surface area contributed by atoms with Crippen LogP contribution in [-0.4, -0.2) is 9.78 Å². The predicted octanol–water partition coefficient (Wildman–Crippen LogP) is 4.46. The topological polar surface area (TPSA) is 17.8 Å². The molecule has 0 fully saturated rings. The Bertz CT molecular complexity index is 739. The van der Waals surface area contributed by atoms with Crippen LogP contribution in [0.4, 0.5) is 0 Å². The van der Waals surface area contributed by atoms with Gasteiger partial charge in [-0.25, -0.2) is 4.68 Å². The second-order valence-electron chi connectivity index (χ2n) is 5.18. The van der Waals surface area contributed by atoms with E-state index in [0.717, 1.165) is 11.4 Å². The van der Waals surface area contributed by atoms with E-state index in [1.54, 1.807) is 0 Å². The van der Waals surface area contributed by atoms with Crippen LogP contribution in [0.2, 0.25) is 0 Å². The van der Waals surface area contributed by atoms with Gasteiger partial charge in [-0.3, -0.25) is 0 Å². The van der Waals surface area contributed by atoms with Gasteiger partial charge in [-0.15, -0.1) is 0 Å². The SMILES string of the molecule is Cc1cc(C)n(-c2c(C)cccc2-c2ccccc2)n1. The fourth-order valence-electron chi connectivity index (χ4n) is 2.65. The first-order valence-electron chi connectivity index (χ1n) is 6.85. The number of aryl methyl sites for hydroxylation is 3. The van der Waals surface area contributed by atoms with Crippen molar-refractivity contribution >= 4 is 0 Å². The summed E-state index contributed by atoms with van der Waals surface area (Å²) in [6, 6.07) is 19.0. The van der Waals surface area contributed by atoms with E-state index in [2.05, 4.69) is 67.5 Å². The van der Waals surface area contributed by atoms with Crippen molar-refractivity contribution in [1.82, 2.24) is 9.78 Å². The summed E-state index contributed by atoms with van der Waals surface area (Å²) < 4.78 is 2.05. The zero-order valence-electron chi connectivity index (χ0n) is 12.1. The van der Waals surface area contributed by atoms with Gasteiger partial charge in [0.05, 0.1) is 11.4 Å². The first kappa shape index (κ1) is 12.7. The van der Waals surface area contributed by atoms with E-state index >= 15 is 0 Å². The first-order chi connectivity index (χ1) is 9.66. The molecular weight excluding hydrogens is 244 g/mol. The summed E-state index contributed by atoms with van der Waals surface area (Å²) in [5.41, 5.74) is 7.05. The predicted molar refractivity (Wildman–Crippen MR) is 83.2 cm³/mol. The molecule has 0 N–H and O–H groups in total. The molecule has 0 unspecified atom stereocenters. The van der Waals surface area contributed by atoms with Gasteiger partial charge in [0.25, 0.3) is 0 Å². The number of benzene rings is 2. The Labute approximate surface area is 119 Å². The number of hydrogen-bond acceptors (Lipinski definition) is 1. The highest BCUT2D eigenvalue weighted by Gasteiger charge is 2.12. The Balaban J connectivity index is 2.28. The third-order valence-electron chi connectivity index (χ3n) is 3.54. The van der Waals surface area contributed by atoms with Crippen LogP contribution in [0.5, 0.6) is 0 Å². The molecule has 3 aromatic rings. The molecule has 0 radical (unpaired) electrons. The Morgan fingerprint density at radius 3 is 2.25 bits per heavy atom. The van der Waals surface area contributed by atoms with Gasteiger partial charge in [-0.1, -0.05) is 48.5 Å². The fourth-order valence-corrected chi connectivity index (χ4v) is 2.65. The average molecular weight is 262 g/mol. The maximum absolute atomic E-state index is 4.64. The number of rotatable bonds is 2. The largest absolute Gasteiger partial charge is 0.237 e. The highest BCUT2D eigenvalue weighted by Crippen LogP contribution is 2.29. The molecule has 1 aromatic heterocycles. The number of aromatic nitrogens is 2. The number of para-hydroxylation sites is 1. The van der Waals surface area contributed by atoms with Crippen molar-refractivity contribution in [2.24, 2.45) is 0 Å². The minimum atomic E-state index is 1.05. The lowest BCUT2D eigenvalue weighted by Crippen LogP contribution is -2.04. The summed E-state index contributed by atoms with van der Waals surface area (Å²) in [5, 5.41) is 4.64. The lowest BCUT2D eigenvalue weighted by molar-refractivity contribution is 0.829. The van der Waals surface area contributed by atoms with Crippen molar-refractivity contribution < 1.29 is 0 Å². The standard InChI is InChI=1S/C18H18N2/c1-13-8-7-11-17(16-9-5-4-6-10-16)18(13)20-15(3)12-14(2)19-20/h4-12H,1-3H3. The molecule has 1 heterocycles. The molecule has 2 nitrogen and oxygen atoms in total. The van der Waals surface area contributed by atoms with Gasteiger partial charge in [0.1, 0.15) is 0 Å². The lowest BCUT2D eigenvalue weighted by atomic mass is 10.0. The third kappa shape index (κ3) is 2.14. The first-order valence-corrected chi connectivity index (χ1v) is 6.85. The molecule has 2 heteroatoms. The van der Waals surface area contributed by atoms with Crippen LogP contribution in [-0.2, 0) is 0 Å². The smallest absolute Gasteiger partial charge is 0.0756 e. The molecule has 0 aliphatic heterocycles. The van der Waals surface area contributed by atoms with Gasteiger partial charge in [0, 0.05) is 11.3 Å². The molecule has 0 saturated carbocycles. The maximum Gasteiger partial charge on any atom is 0.0756 e. The minimum absolute atomic E-state index is 1.05. The molecular formula is C18H18N2. The molecule has 0 aliphatic rings. The second kappa shape index (κ2) is 4.97. The minimum Gasteiger partial charge on any atom is -0.237 e. The van der Waals surface area contributed by atoms with E-state index in [-0.39, 0.29) is 0 Å². The summed E-state index contributed by atoms with van der Waals surface area (Å²) in [7, 11) is 0. The zero-order chi connectivity index (χ0) is 14.1. The van der Waals surface area contributed by atoms with Crippen LogP contribution in [0.25, 0.3) is 16.8 Å². The lowest BCUT2D eigenvalue weighted by Gasteiger charge is -2.14. The van der Waals surface area contributed by atoms with Gasteiger partial charge in [0.15, 0.2) is 0 Å². The molecule has 20 heavy (non-hydrogen) atoms.